The smallest absolute Gasteiger partial charge is 0.119 e. The van der Waals surface area contributed by atoms with Gasteiger partial charge in [-0.2, -0.15) is 5.10 Å². The van der Waals surface area contributed by atoms with Crippen molar-refractivity contribution in [1.29, 1.82) is 0 Å². The van der Waals surface area contributed by atoms with E-state index in [1.807, 2.05) is 42.5 Å². The summed E-state index contributed by atoms with van der Waals surface area (Å²) in [5.74, 6) is 0.823. The van der Waals surface area contributed by atoms with Crippen molar-refractivity contribution in [3.8, 4) is 17.0 Å². The lowest BCUT2D eigenvalue weighted by Gasteiger charge is -2.01. The van der Waals surface area contributed by atoms with E-state index < -0.39 is 0 Å². The number of nitrogens with two attached hydrogens (primary N) is 1. The Morgan fingerprint density at radius 2 is 2.06 bits per heavy atom. The number of nitrogens with zero attached hydrogens (tertiary/aromatic N) is 2. The predicted octanol–water partition coefficient (Wildman–Crippen LogP) is 2.59. The summed E-state index contributed by atoms with van der Waals surface area (Å²) >= 11 is 0. The third-order valence-corrected chi connectivity index (χ3v) is 2.85. The minimum absolute atomic E-state index is 0.697. The summed E-state index contributed by atoms with van der Waals surface area (Å²) in [4.78, 5) is 0. The molecule has 0 aliphatic carbocycles. The molecule has 0 saturated carbocycles. The number of hydrogen-bond acceptors (Lipinski definition) is 3. The fourth-order valence-electron chi connectivity index (χ4n) is 1.93. The van der Waals surface area contributed by atoms with E-state index in [2.05, 4.69) is 5.10 Å². The number of hydrogen-bond donors (Lipinski definition) is 1. The number of anilines is 1. The molecule has 3 aromatic rings. The van der Waals surface area contributed by atoms with Crippen LogP contribution >= 0.6 is 0 Å². The second kappa shape index (κ2) is 4.07. The van der Waals surface area contributed by atoms with Crippen molar-refractivity contribution in [3.05, 3.63) is 48.7 Å². The zero-order valence-corrected chi connectivity index (χ0v) is 10.00. The molecule has 0 unspecified atom stereocenters. The van der Waals surface area contributed by atoms with E-state index in [-0.39, 0.29) is 0 Å². The first-order valence-corrected chi connectivity index (χ1v) is 5.65. The Bertz CT molecular complexity index is 703. The predicted molar refractivity (Wildman–Crippen MR) is 71.6 cm³/mol. The Balaban J connectivity index is 2.13. The van der Waals surface area contributed by atoms with Gasteiger partial charge in [0.25, 0.3) is 0 Å². The molecule has 0 radical (unpaired) electrons. The number of aromatic nitrogens is 2. The van der Waals surface area contributed by atoms with Crippen molar-refractivity contribution in [2.75, 3.05) is 12.8 Å². The highest BCUT2D eigenvalue weighted by Gasteiger charge is 2.05. The van der Waals surface area contributed by atoms with Gasteiger partial charge in [-0.1, -0.05) is 12.1 Å². The Morgan fingerprint density at radius 1 is 1.17 bits per heavy atom. The molecule has 2 heterocycles. The van der Waals surface area contributed by atoms with Crippen LogP contribution < -0.4 is 10.5 Å². The molecule has 1 aromatic carbocycles. The topological polar surface area (TPSA) is 52.5 Å². The number of nitrogen functional groups attached to an aromatic ring is 1. The summed E-state index contributed by atoms with van der Waals surface area (Å²) in [6, 6.07) is 13.7. The summed E-state index contributed by atoms with van der Waals surface area (Å²) in [5, 5.41) is 4.50. The second-order valence-electron chi connectivity index (χ2n) is 4.09. The molecule has 0 aliphatic rings. The van der Waals surface area contributed by atoms with E-state index in [0.717, 1.165) is 22.5 Å². The number of benzene rings is 1. The molecule has 18 heavy (non-hydrogen) atoms. The quantitative estimate of drug-likeness (QED) is 0.747. The van der Waals surface area contributed by atoms with Gasteiger partial charge < -0.3 is 10.5 Å². The van der Waals surface area contributed by atoms with Gasteiger partial charge in [-0.15, -0.1) is 0 Å². The lowest BCUT2D eigenvalue weighted by Crippen LogP contribution is -1.91. The van der Waals surface area contributed by atoms with Gasteiger partial charge >= 0.3 is 0 Å². The van der Waals surface area contributed by atoms with Crippen molar-refractivity contribution in [3.63, 3.8) is 0 Å². The van der Waals surface area contributed by atoms with E-state index in [9.17, 15) is 0 Å². The molecule has 0 amide bonds. The lowest BCUT2D eigenvalue weighted by molar-refractivity contribution is 0.415. The molecular weight excluding hydrogens is 226 g/mol. The molecule has 2 aromatic heterocycles. The van der Waals surface area contributed by atoms with Crippen molar-refractivity contribution in [2.45, 2.75) is 0 Å². The molecule has 2 N–H and O–H groups in total. The van der Waals surface area contributed by atoms with Crippen LogP contribution in [0.1, 0.15) is 0 Å². The average molecular weight is 239 g/mol. The summed E-state index contributed by atoms with van der Waals surface area (Å²) in [6.45, 7) is 0. The first-order valence-electron chi connectivity index (χ1n) is 5.65. The Hall–Kier alpha value is -2.49. The molecule has 0 fully saturated rings. The van der Waals surface area contributed by atoms with E-state index >= 15 is 0 Å². The number of ether oxygens (including phenoxy) is 1. The van der Waals surface area contributed by atoms with Crippen LogP contribution in [0, 0.1) is 0 Å². The Morgan fingerprint density at radius 3 is 2.89 bits per heavy atom. The minimum Gasteiger partial charge on any atom is -0.497 e. The van der Waals surface area contributed by atoms with Gasteiger partial charge in [0.1, 0.15) is 5.75 Å². The number of fused-ring (bicyclic) bond motifs is 1. The van der Waals surface area contributed by atoms with Gasteiger partial charge in [-0.05, 0) is 30.3 Å². The number of methoxy groups -OCH3 is 1. The molecular formula is C14H13N3O. The van der Waals surface area contributed by atoms with Gasteiger partial charge in [0.05, 0.1) is 30.2 Å². The molecule has 0 spiro atoms. The van der Waals surface area contributed by atoms with E-state index in [1.165, 1.54) is 0 Å². The summed E-state index contributed by atoms with van der Waals surface area (Å²) in [6.07, 6.45) is 1.80. The summed E-state index contributed by atoms with van der Waals surface area (Å²) in [5.41, 5.74) is 9.38. The maximum absolute atomic E-state index is 5.74. The molecule has 0 atom stereocenters. The van der Waals surface area contributed by atoms with Crippen molar-refractivity contribution in [2.24, 2.45) is 0 Å². The number of rotatable bonds is 2. The zero-order valence-electron chi connectivity index (χ0n) is 10.00. The molecule has 4 nitrogen and oxygen atoms in total. The van der Waals surface area contributed by atoms with Crippen LogP contribution in [0.3, 0.4) is 0 Å². The van der Waals surface area contributed by atoms with E-state index in [0.29, 0.717) is 5.69 Å². The van der Waals surface area contributed by atoms with Gasteiger partial charge in [0.15, 0.2) is 0 Å². The molecule has 4 heteroatoms. The minimum atomic E-state index is 0.697. The van der Waals surface area contributed by atoms with Gasteiger partial charge in [0, 0.05) is 5.56 Å². The van der Waals surface area contributed by atoms with Crippen LogP contribution in [0.25, 0.3) is 16.8 Å². The molecule has 0 saturated heterocycles. The van der Waals surface area contributed by atoms with Crippen LogP contribution in [-0.4, -0.2) is 16.7 Å². The monoisotopic (exact) mass is 239 g/mol. The normalized spacial score (nSPS) is 10.7. The number of pyridine rings is 1. The summed E-state index contributed by atoms with van der Waals surface area (Å²) in [7, 11) is 1.66. The van der Waals surface area contributed by atoms with E-state index in [1.54, 1.807) is 17.8 Å². The molecule has 0 aliphatic heterocycles. The van der Waals surface area contributed by atoms with Crippen LogP contribution in [0.5, 0.6) is 5.75 Å². The van der Waals surface area contributed by atoms with Crippen LogP contribution in [0.4, 0.5) is 5.69 Å². The third-order valence-electron chi connectivity index (χ3n) is 2.85. The highest BCUT2D eigenvalue weighted by molar-refractivity contribution is 5.67. The average Bonchev–Trinajstić information content (AvgIpc) is 2.81. The van der Waals surface area contributed by atoms with Crippen LogP contribution in [0.2, 0.25) is 0 Å². The second-order valence-corrected chi connectivity index (χ2v) is 4.09. The van der Waals surface area contributed by atoms with Gasteiger partial charge in [-0.3, -0.25) is 0 Å². The van der Waals surface area contributed by atoms with Crippen molar-refractivity contribution < 1.29 is 4.74 Å². The largest absolute Gasteiger partial charge is 0.497 e. The van der Waals surface area contributed by atoms with Crippen molar-refractivity contribution >= 4 is 11.2 Å². The van der Waals surface area contributed by atoms with Gasteiger partial charge in [0.2, 0.25) is 0 Å². The van der Waals surface area contributed by atoms with Crippen molar-refractivity contribution in [1.82, 2.24) is 9.61 Å². The standard InChI is InChI=1S/C14H13N3O/c1-18-13-4-2-3-10(7-13)14-8-12-6-5-11(15)9-17(12)16-14/h2-9H,15H2,1H3. The SMILES string of the molecule is COc1cccc(-c2cc3ccc(N)cn3n2)c1. The Labute approximate surface area is 105 Å². The summed E-state index contributed by atoms with van der Waals surface area (Å²) < 4.78 is 7.00. The molecule has 3 rings (SSSR count). The van der Waals surface area contributed by atoms with Crippen LogP contribution in [0.15, 0.2) is 48.7 Å². The first-order chi connectivity index (χ1) is 8.76. The highest BCUT2D eigenvalue weighted by Crippen LogP contribution is 2.24. The molecule has 0 bridgehead atoms. The van der Waals surface area contributed by atoms with Crippen LogP contribution in [-0.2, 0) is 0 Å². The lowest BCUT2D eigenvalue weighted by atomic mass is 10.1. The zero-order chi connectivity index (χ0) is 12.5. The fraction of sp³-hybridized carbons (Fsp3) is 0.0714. The maximum Gasteiger partial charge on any atom is 0.119 e. The Kier molecular flexibility index (Phi) is 2.41. The molecule has 90 valence electrons. The van der Waals surface area contributed by atoms with E-state index in [4.69, 9.17) is 10.5 Å². The maximum atomic E-state index is 5.74. The van der Waals surface area contributed by atoms with Gasteiger partial charge in [-0.25, -0.2) is 4.52 Å². The fourth-order valence-corrected chi connectivity index (χ4v) is 1.93. The first kappa shape index (κ1) is 10.7. The third kappa shape index (κ3) is 1.78. The highest BCUT2D eigenvalue weighted by atomic mass is 16.5.